The molecule has 0 aliphatic carbocycles. The monoisotopic (exact) mass is 420 g/mol. The number of amides is 1. The van der Waals surface area contributed by atoms with E-state index < -0.39 is 0 Å². The van der Waals surface area contributed by atoms with E-state index in [9.17, 15) is 9.18 Å². The van der Waals surface area contributed by atoms with Crippen LogP contribution in [0.5, 0.6) is 5.75 Å². The first-order valence-corrected chi connectivity index (χ1v) is 9.06. The van der Waals surface area contributed by atoms with Crippen molar-refractivity contribution in [1.29, 1.82) is 0 Å². The molecule has 3 aromatic rings. The summed E-state index contributed by atoms with van der Waals surface area (Å²) < 4.78 is 19.7. The van der Waals surface area contributed by atoms with Gasteiger partial charge in [0.05, 0.1) is 19.2 Å². The molecule has 1 heterocycles. The lowest BCUT2D eigenvalue weighted by atomic mass is 10.1. The van der Waals surface area contributed by atoms with E-state index in [-0.39, 0.29) is 18.1 Å². The fraction of sp³-hybridized carbons (Fsp3) is 0.111. The Morgan fingerprint density at radius 1 is 1.32 bits per heavy atom. The average Bonchev–Trinajstić information content (AvgIpc) is 3.03. The number of thiazole rings is 1. The van der Waals surface area contributed by atoms with Crippen LogP contribution in [0.4, 0.5) is 9.52 Å². The minimum Gasteiger partial charge on any atom is -0.496 e. The van der Waals surface area contributed by atoms with Crippen LogP contribution in [-0.4, -0.2) is 18.0 Å². The summed E-state index contributed by atoms with van der Waals surface area (Å²) in [4.78, 5) is 16.5. The molecule has 1 N–H and O–H groups in total. The van der Waals surface area contributed by atoms with Crippen molar-refractivity contribution in [2.75, 3.05) is 12.4 Å². The van der Waals surface area contributed by atoms with Crippen LogP contribution in [0.15, 0.2) is 52.3 Å². The molecule has 1 amide bonds. The number of nitrogens with one attached hydrogen (secondary N) is 1. The molecule has 2 aromatic carbocycles. The highest BCUT2D eigenvalue weighted by atomic mass is 79.9. The molecule has 128 valence electrons. The zero-order valence-corrected chi connectivity index (χ0v) is 15.7. The van der Waals surface area contributed by atoms with Gasteiger partial charge >= 0.3 is 0 Å². The van der Waals surface area contributed by atoms with Crippen molar-refractivity contribution < 1.29 is 13.9 Å². The van der Waals surface area contributed by atoms with E-state index in [2.05, 4.69) is 26.2 Å². The second-order valence-corrected chi connectivity index (χ2v) is 7.01. The summed E-state index contributed by atoms with van der Waals surface area (Å²) in [5.41, 5.74) is 2.00. The van der Waals surface area contributed by atoms with Gasteiger partial charge in [0.25, 0.3) is 0 Å². The number of rotatable bonds is 5. The molecular formula is C18H14BrFN2O2S. The molecule has 0 saturated carbocycles. The molecule has 0 radical (unpaired) electrons. The summed E-state index contributed by atoms with van der Waals surface area (Å²) in [5.74, 6) is -0.00652. The minimum absolute atomic E-state index is 0.162. The number of aromatic nitrogens is 1. The molecule has 0 aliphatic heterocycles. The van der Waals surface area contributed by atoms with Crippen LogP contribution in [0.2, 0.25) is 0 Å². The smallest absolute Gasteiger partial charge is 0.230 e. The van der Waals surface area contributed by atoms with E-state index in [1.165, 1.54) is 30.6 Å². The summed E-state index contributed by atoms with van der Waals surface area (Å²) in [6.07, 6.45) is 0.248. The van der Waals surface area contributed by atoms with E-state index in [0.717, 1.165) is 10.0 Å². The normalized spacial score (nSPS) is 10.5. The summed E-state index contributed by atoms with van der Waals surface area (Å²) in [5, 5.41) is 4.99. The zero-order chi connectivity index (χ0) is 17.8. The van der Waals surface area contributed by atoms with Crippen LogP contribution in [0.25, 0.3) is 11.3 Å². The number of carbonyl (C=O) groups is 1. The van der Waals surface area contributed by atoms with E-state index in [1.807, 2.05) is 24.3 Å². The Balaban J connectivity index is 1.74. The van der Waals surface area contributed by atoms with Gasteiger partial charge in [-0.1, -0.05) is 28.1 Å². The molecule has 25 heavy (non-hydrogen) atoms. The number of halogens is 2. The predicted octanol–water partition coefficient (Wildman–Crippen LogP) is 4.90. The van der Waals surface area contributed by atoms with E-state index >= 15 is 0 Å². The van der Waals surface area contributed by atoms with Gasteiger partial charge in [0.1, 0.15) is 11.6 Å². The summed E-state index contributed by atoms with van der Waals surface area (Å²) in [6, 6.07) is 11.8. The first kappa shape index (κ1) is 17.6. The molecule has 0 spiro atoms. The lowest BCUT2D eigenvalue weighted by molar-refractivity contribution is -0.115. The van der Waals surface area contributed by atoms with Gasteiger partial charge in [-0.3, -0.25) is 4.79 Å². The van der Waals surface area contributed by atoms with Crippen molar-refractivity contribution in [3.8, 4) is 17.0 Å². The van der Waals surface area contributed by atoms with Crippen molar-refractivity contribution in [2.45, 2.75) is 6.42 Å². The van der Waals surface area contributed by atoms with E-state index in [1.54, 1.807) is 11.4 Å². The molecule has 0 fully saturated rings. The number of anilines is 1. The average molecular weight is 421 g/mol. The van der Waals surface area contributed by atoms with Gasteiger partial charge in [-0.25, -0.2) is 9.37 Å². The highest BCUT2D eigenvalue weighted by molar-refractivity contribution is 9.10. The zero-order valence-electron chi connectivity index (χ0n) is 13.3. The van der Waals surface area contributed by atoms with Crippen molar-refractivity contribution in [3.05, 3.63) is 63.7 Å². The van der Waals surface area contributed by atoms with Gasteiger partial charge < -0.3 is 10.1 Å². The maximum absolute atomic E-state index is 13.5. The quantitative estimate of drug-likeness (QED) is 0.638. The van der Waals surface area contributed by atoms with Crippen LogP contribution in [-0.2, 0) is 11.2 Å². The third-order valence-corrected chi connectivity index (χ3v) is 4.69. The number of benzene rings is 2. The first-order chi connectivity index (χ1) is 12.0. The molecule has 0 bridgehead atoms. The number of ether oxygens (including phenoxy) is 1. The highest BCUT2D eigenvalue weighted by Crippen LogP contribution is 2.32. The van der Waals surface area contributed by atoms with Crippen molar-refractivity contribution in [3.63, 3.8) is 0 Å². The minimum atomic E-state index is -0.371. The molecule has 7 heteroatoms. The Morgan fingerprint density at radius 3 is 2.92 bits per heavy atom. The van der Waals surface area contributed by atoms with Crippen molar-refractivity contribution in [1.82, 2.24) is 4.98 Å². The van der Waals surface area contributed by atoms with Crippen molar-refractivity contribution in [2.24, 2.45) is 0 Å². The molecular weight excluding hydrogens is 407 g/mol. The van der Waals surface area contributed by atoms with Crippen molar-refractivity contribution >= 4 is 38.3 Å². The molecule has 1 aromatic heterocycles. The lowest BCUT2D eigenvalue weighted by Crippen LogP contribution is -2.14. The topological polar surface area (TPSA) is 51.2 Å². The molecule has 0 unspecified atom stereocenters. The van der Waals surface area contributed by atoms with Crippen LogP contribution < -0.4 is 10.1 Å². The van der Waals surface area contributed by atoms with Gasteiger partial charge in [-0.15, -0.1) is 11.3 Å². The van der Waals surface area contributed by atoms with Crippen LogP contribution in [0.3, 0.4) is 0 Å². The molecule has 0 atom stereocenters. The molecule has 0 saturated heterocycles. The second kappa shape index (κ2) is 7.76. The third-order valence-electron chi connectivity index (χ3n) is 3.44. The Labute approximate surface area is 156 Å². The van der Waals surface area contributed by atoms with Gasteiger partial charge in [-0.2, -0.15) is 0 Å². The SMILES string of the molecule is COc1ccc(F)cc1-c1csc(NC(=O)Cc2cccc(Br)c2)n1. The molecule has 3 rings (SSSR count). The lowest BCUT2D eigenvalue weighted by Gasteiger charge is -2.06. The van der Waals surface area contributed by atoms with Crippen LogP contribution in [0, 0.1) is 5.82 Å². The molecule has 0 aliphatic rings. The summed E-state index contributed by atoms with van der Waals surface area (Å²) in [6.45, 7) is 0. The summed E-state index contributed by atoms with van der Waals surface area (Å²) in [7, 11) is 1.52. The van der Waals surface area contributed by atoms with Gasteiger partial charge in [0.2, 0.25) is 5.91 Å². The van der Waals surface area contributed by atoms with E-state index in [0.29, 0.717) is 22.1 Å². The molecule has 4 nitrogen and oxygen atoms in total. The Kier molecular flexibility index (Phi) is 5.45. The number of hydrogen-bond acceptors (Lipinski definition) is 4. The maximum Gasteiger partial charge on any atom is 0.230 e. The van der Waals surface area contributed by atoms with Crippen LogP contribution in [0.1, 0.15) is 5.56 Å². The standard InChI is InChI=1S/C18H14BrFN2O2S/c1-24-16-6-5-13(20)9-14(16)15-10-25-18(21-15)22-17(23)8-11-3-2-4-12(19)7-11/h2-7,9-10H,8H2,1H3,(H,21,22,23). The fourth-order valence-corrected chi connectivity index (χ4v) is 3.50. The number of methoxy groups -OCH3 is 1. The van der Waals surface area contributed by atoms with E-state index in [4.69, 9.17) is 4.74 Å². The predicted molar refractivity (Wildman–Crippen MR) is 101 cm³/mol. The Bertz CT molecular complexity index is 914. The Morgan fingerprint density at radius 2 is 2.16 bits per heavy atom. The number of nitrogens with zero attached hydrogens (tertiary/aromatic N) is 1. The maximum atomic E-state index is 13.5. The van der Waals surface area contributed by atoms with Crippen LogP contribution >= 0.6 is 27.3 Å². The highest BCUT2D eigenvalue weighted by Gasteiger charge is 2.13. The van der Waals surface area contributed by atoms with Gasteiger partial charge in [-0.05, 0) is 35.9 Å². The fourth-order valence-electron chi connectivity index (χ4n) is 2.33. The first-order valence-electron chi connectivity index (χ1n) is 7.39. The van der Waals surface area contributed by atoms with Gasteiger partial charge in [0.15, 0.2) is 5.13 Å². The Hall–Kier alpha value is -2.25. The van der Waals surface area contributed by atoms with Gasteiger partial charge in [0, 0.05) is 15.4 Å². The summed E-state index contributed by atoms with van der Waals surface area (Å²) >= 11 is 4.66. The largest absolute Gasteiger partial charge is 0.496 e. The number of carbonyl (C=O) groups excluding carboxylic acids is 1. The third kappa shape index (κ3) is 4.43. The second-order valence-electron chi connectivity index (χ2n) is 5.24. The number of hydrogen-bond donors (Lipinski definition) is 1.